The first-order valence-corrected chi connectivity index (χ1v) is 7.20. The van der Waals surface area contributed by atoms with E-state index in [9.17, 15) is 0 Å². The molecular formula is C15H23N3. The Labute approximate surface area is 110 Å². The summed E-state index contributed by atoms with van der Waals surface area (Å²) < 4.78 is 0. The van der Waals surface area contributed by atoms with E-state index in [-0.39, 0.29) is 0 Å². The van der Waals surface area contributed by atoms with Gasteiger partial charge < -0.3 is 15.5 Å². The molecule has 1 saturated heterocycles. The van der Waals surface area contributed by atoms with Gasteiger partial charge in [0.05, 0.1) is 0 Å². The zero-order valence-corrected chi connectivity index (χ0v) is 11.0. The van der Waals surface area contributed by atoms with Crippen LogP contribution in [0.1, 0.15) is 17.5 Å². The molecule has 3 heteroatoms. The van der Waals surface area contributed by atoms with E-state index >= 15 is 0 Å². The number of nitrogens with zero attached hydrogens (tertiary/aromatic N) is 1. The van der Waals surface area contributed by atoms with Gasteiger partial charge in [-0.3, -0.25) is 0 Å². The van der Waals surface area contributed by atoms with Gasteiger partial charge in [0.15, 0.2) is 0 Å². The predicted molar refractivity (Wildman–Crippen MR) is 76.3 cm³/mol. The topological polar surface area (TPSA) is 27.3 Å². The van der Waals surface area contributed by atoms with Gasteiger partial charge in [0.25, 0.3) is 0 Å². The predicted octanol–water partition coefficient (Wildman–Crippen LogP) is 1.49. The highest BCUT2D eigenvalue weighted by Crippen LogP contribution is 2.23. The molecule has 2 aliphatic rings. The van der Waals surface area contributed by atoms with Crippen molar-refractivity contribution < 1.29 is 0 Å². The zero-order chi connectivity index (χ0) is 12.2. The second kappa shape index (κ2) is 5.72. The molecule has 3 rings (SSSR count). The molecule has 1 aromatic carbocycles. The van der Waals surface area contributed by atoms with Crippen LogP contribution < -0.4 is 10.6 Å². The molecule has 3 nitrogen and oxygen atoms in total. The van der Waals surface area contributed by atoms with Gasteiger partial charge in [0.1, 0.15) is 0 Å². The Morgan fingerprint density at radius 2 is 2.00 bits per heavy atom. The lowest BCUT2D eigenvalue weighted by molar-refractivity contribution is 0.244. The summed E-state index contributed by atoms with van der Waals surface area (Å²) in [5.41, 5.74) is 4.36. The number of benzene rings is 1. The first-order valence-electron chi connectivity index (χ1n) is 7.20. The number of piperazine rings is 1. The molecule has 2 aliphatic heterocycles. The molecule has 0 atom stereocenters. The van der Waals surface area contributed by atoms with Crippen molar-refractivity contribution in [3.63, 3.8) is 0 Å². The van der Waals surface area contributed by atoms with Crippen molar-refractivity contribution in [2.75, 3.05) is 44.6 Å². The number of aryl methyl sites for hydroxylation is 1. The molecule has 0 radical (unpaired) electrons. The van der Waals surface area contributed by atoms with Gasteiger partial charge in [-0.2, -0.15) is 0 Å². The molecule has 0 amide bonds. The smallest absolute Gasteiger partial charge is 0.0372 e. The maximum absolute atomic E-state index is 3.48. The number of rotatable bonds is 3. The Morgan fingerprint density at radius 1 is 1.11 bits per heavy atom. The van der Waals surface area contributed by atoms with Crippen molar-refractivity contribution in [2.24, 2.45) is 0 Å². The molecule has 0 spiro atoms. The van der Waals surface area contributed by atoms with Crippen LogP contribution in [0.2, 0.25) is 0 Å². The fraction of sp³-hybridized carbons (Fsp3) is 0.600. The summed E-state index contributed by atoms with van der Waals surface area (Å²) in [6.07, 6.45) is 3.70. The van der Waals surface area contributed by atoms with Crippen LogP contribution in [-0.4, -0.2) is 44.2 Å². The molecule has 1 aromatic rings. The molecule has 18 heavy (non-hydrogen) atoms. The van der Waals surface area contributed by atoms with E-state index < -0.39 is 0 Å². The lowest BCUT2D eigenvalue weighted by Crippen LogP contribution is -2.44. The first-order chi connectivity index (χ1) is 8.92. The fourth-order valence-electron chi connectivity index (χ4n) is 2.91. The standard InChI is InChI=1S/C15H23N3/c1-2-14-12-13(3-4-15(14)17-6-1)5-9-18-10-7-16-8-11-18/h3-4,12,16-17H,1-2,5-11H2. The van der Waals surface area contributed by atoms with Crippen molar-refractivity contribution in [1.82, 2.24) is 10.2 Å². The maximum atomic E-state index is 3.48. The second-order valence-electron chi connectivity index (χ2n) is 5.36. The Balaban J connectivity index is 1.58. The number of hydrogen-bond acceptors (Lipinski definition) is 3. The summed E-state index contributed by atoms with van der Waals surface area (Å²) in [5.74, 6) is 0. The van der Waals surface area contributed by atoms with Gasteiger partial charge in [0, 0.05) is 45.0 Å². The van der Waals surface area contributed by atoms with Crippen LogP contribution in [0, 0.1) is 0 Å². The summed E-state index contributed by atoms with van der Waals surface area (Å²) >= 11 is 0. The van der Waals surface area contributed by atoms with Crippen molar-refractivity contribution in [1.29, 1.82) is 0 Å². The second-order valence-corrected chi connectivity index (χ2v) is 5.36. The molecule has 0 bridgehead atoms. The van der Waals surface area contributed by atoms with E-state index in [0.717, 1.165) is 19.6 Å². The quantitative estimate of drug-likeness (QED) is 0.845. The molecule has 1 fully saturated rings. The van der Waals surface area contributed by atoms with Crippen LogP contribution in [0.4, 0.5) is 5.69 Å². The largest absolute Gasteiger partial charge is 0.385 e. The van der Waals surface area contributed by atoms with Crippen LogP contribution >= 0.6 is 0 Å². The number of hydrogen-bond donors (Lipinski definition) is 2. The third-order valence-electron chi connectivity index (χ3n) is 4.03. The third kappa shape index (κ3) is 2.85. The zero-order valence-electron chi connectivity index (χ0n) is 11.0. The van der Waals surface area contributed by atoms with Crippen LogP contribution in [-0.2, 0) is 12.8 Å². The molecule has 2 N–H and O–H groups in total. The molecule has 98 valence electrons. The van der Waals surface area contributed by atoms with Crippen molar-refractivity contribution >= 4 is 5.69 Å². The van der Waals surface area contributed by atoms with Gasteiger partial charge >= 0.3 is 0 Å². The maximum Gasteiger partial charge on any atom is 0.0372 e. The third-order valence-corrected chi connectivity index (χ3v) is 4.03. The van der Waals surface area contributed by atoms with E-state index in [4.69, 9.17) is 0 Å². The SMILES string of the molecule is c1cc2c(cc1CCN1CCNCC1)CCCN2. The molecule has 0 aliphatic carbocycles. The van der Waals surface area contributed by atoms with Crippen molar-refractivity contribution in [3.05, 3.63) is 29.3 Å². The molecule has 0 aromatic heterocycles. The Morgan fingerprint density at radius 3 is 2.89 bits per heavy atom. The average Bonchev–Trinajstić information content (AvgIpc) is 2.46. The number of fused-ring (bicyclic) bond motifs is 1. The van der Waals surface area contributed by atoms with Gasteiger partial charge in [-0.25, -0.2) is 0 Å². The molecular weight excluding hydrogens is 222 g/mol. The summed E-state index contributed by atoms with van der Waals surface area (Å²) in [6, 6.07) is 6.96. The van der Waals surface area contributed by atoms with E-state index in [1.165, 1.54) is 55.7 Å². The van der Waals surface area contributed by atoms with E-state index in [2.05, 4.69) is 33.7 Å². The van der Waals surface area contributed by atoms with Crippen LogP contribution in [0.25, 0.3) is 0 Å². The van der Waals surface area contributed by atoms with Gasteiger partial charge in [-0.15, -0.1) is 0 Å². The Kier molecular flexibility index (Phi) is 3.81. The lowest BCUT2D eigenvalue weighted by atomic mass is 9.99. The highest BCUT2D eigenvalue weighted by atomic mass is 15.2. The monoisotopic (exact) mass is 245 g/mol. The van der Waals surface area contributed by atoms with Crippen LogP contribution in [0.3, 0.4) is 0 Å². The Bertz CT molecular complexity index is 397. The van der Waals surface area contributed by atoms with Gasteiger partial charge in [0.2, 0.25) is 0 Å². The average molecular weight is 245 g/mol. The minimum absolute atomic E-state index is 1.13. The highest BCUT2D eigenvalue weighted by molar-refractivity contribution is 5.54. The minimum Gasteiger partial charge on any atom is -0.385 e. The van der Waals surface area contributed by atoms with Crippen molar-refractivity contribution in [2.45, 2.75) is 19.3 Å². The molecule has 0 unspecified atom stereocenters. The normalized spacial score (nSPS) is 20.2. The first kappa shape index (κ1) is 12.0. The summed E-state index contributed by atoms with van der Waals surface area (Å²) in [6.45, 7) is 7.03. The van der Waals surface area contributed by atoms with Crippen LogP contribution in [0.15, 0.2) is 18.2 Å². The van der Waals surface area contributed by atoms with Crippen LogP contribution in [0.5, 0.6) is 0 Å². The highest BCUT2D eigenvalue weighted by Gasteiger charge is 2.11. The summed E-state index contributed by atoms with van der Waals surface area (Å²) in [7, 11) is 0. The Hall–Kier alpha value is -1.06. The summed E-state index contributed by atoms with van der Waals surface area (Å²) in [4.78, 5) is 2.56. The van der Waals surface area contributed by atoms with E-state index in [1.807, 2.05) is 0 Å². The minimum atomic E-state index is 1.13. The molecule has 0 saturated carbocycles. The number of anilines is 1. The fourth-order valence-corrected chi connectivity index (χ4v) is 2.91. The lowest BCUT2D eigenvalue weighted by Gasteiger charge is -2.27. The van der Waals surface area contributed by atoms with Gasteiger partial charge in [-0.1, -0.05) is 12.1 Å². The summed E-state index contributed by atoms with van der Waals surface area (Å²) in [5, 5.41) is 6.88. The molecule has 2 heterocycles. The van der Waals surface area contributed by atoms with E-state index in [0.29, 0.717) is 0 Å². The number of nitrogens with one attached hydrogen (secondary N) is 2. The van der Waals surface area contributed by atoms with Gasteiger partial charge in [-0.05, 0) is 36.5 Å². The van der Waals surface area contributed by atoms with E-state index in [1.54, 1.807) is 0 Å². The van der Waals surface area contributed by atoms with Crippen molar-refractivity contribution in [3.8, 4) is 0 Å².